The molecule has 0 saturated heterocycles. The molecule has 2 aliphatic rings. The van der Waals surface area contributed by atoms with Gasteiger partial charge in [0, 0.05) is 20.0 Å². The Hall–Kier alpha value is -4.15. The summed E-state index contributed by atoms with van der Waals surface area (Å²) in [4.78, 5) is 0. The zero-order valence-electron chi connectivity index (χ0n) is 21.0. The first-order valence-corrected chi connectivity index (χ1v) is 14.5. The van der Waals surface area contributed by atoms with E-state index in [4.69, 9.17) is 0 Å². The summed E-state index contributed by atoms with van der Waals surface area (Å²) in [6.45, 7) is 0. The van der Waals surface area contributed by atoms with Gasteiger partial charge in [-0.25, -0.2) is 0 Å². The number of benzene rings is 6. The van der Waals surface area contributed by atoms with Crippen LogP contribution in [0.1, 0.15) is 22.3 Å². The average Bonchev–Trinajstić information content (AvgIpc) is 3.58. The molecule has 1 nitrogen and oxygen atoms in total. The van der Waals surface area contributed by atoms with Crippen molar-refractivity contribution in [3.63, 3.8) is 0 Å². The smallest absolute Gasteiger partial charge is 0.0726 e. The van der Waals surface area contributed by atoms with Crippen molar-refractivity contribution in [2.24, 2.45) is 0 Å². The number of nitrogens with zero attached hydrogens (tertiary/aromatic N) is 1. The van der Waals surface area contributed by atoms with Gasteiger partial charge in [-0.2, -0.15) is 0 Å². The quantitative estimate of drug-likeness (QED) is 0.164. The summed E-state index contributed by atoms with van der Waals surface area (Å²) >= 11 is 2.47. The molecule has 1 spiro atoms. The van der Waals surface area contributed by atoms with E-state index in [2.05, 4.69) is 161 Å². The van der Waals surface area contributed by atoms with E-state index in [0.717, 1.165) is 0 Å². The van der Waals surface area contributed by atoms with Crippen molar-refractivity contribution in [2.75, 3.05) is 0 Å². The molecule has 1 atom stereocenters. The number of hydrogen-bond donors (Lipinski definition) is 0. The van der Waals surface area contributed by atoms with Gasteiger partial charge < -0.3 is 4.57 Å². The highest BCUT2D eigenvalue weighted by Crippen LogP contribution is 2.63. The lowest BCUT2D eigenvalue weighted by atomic mass is 9.70. The van der Waals surface area contributed by atoms with Crippen molar-refractivity contribution in [1.29, 1.82) is 0 Å². The van der Waals surface area contributed by atoms with Gasteiger partial charge in [0.25, 0.3) is 0 Å². The van der Waals surface area contributed by atoms with Crippen molar-refractivity contribution >= 4 is 44.4 Å². The second kappa shape index (κ2) is 7.71. The zero-order chi connectivity index (χ0) is 25.7. The maximum atomic E-state index is 2.47. The summed E-state index contributed by atoms with van der Waals surface area (Å²) in [5.41, 5.74) is 14.2. The molecule has 1 heterocycles. The number of halogens is 1. The van der Waals surface area contributed by atoms with Gasteiger partial charge >= 0.3 is 0 Å². The first-order chi connectivity index (χ1) is 19.3. The summed E-state index contributed by atoms with van der Waals surface area (Å²) in [6.07, 6.45) is 0. The van der Waals surface area contributed by atoms with Gasteiger partial charge in [-0.15, -0.1) is 0 Å². The molecule has 2 heteroatoms. The van der Waals surface area contributed by atoms with E-state index >= 15 is 0 Å². The Balaban J connectivity index is 1.44. The number of rotatable bonds is 1. The van der Waals surface area contributed by atoms with Crippen LogP contribution in [0, 0.1) is 3.57 Å². The van der Waals surface area contributed by atoms with Gasteiger partial charge in [-0.3, -0.25) is 0 Å². The first kappa shape index (κ1) is 21.7. The molecule has 0 saturated carbocycles. The Labute approximate surface area is 240 Å². The Morgan fingerprint density at radius 1 is 0.436 bits per heavy atom. The van der Waals surface area contributed by atoms with Crippen LogP contribution in [0.3, 0.4) is 0 Å². The molecule has 0 aliphatic heterocycles. The highest BCUT2D eigenvalue weighted by atomic mass is 127. The molecule has 7 aromatic rings. The third-order valence-electron chi connectivity index (χ3n) is 8.87. The van der Waals surface area contributed by atoms with Gasteiger partial charge in [0.2, 0.25) is 0 Å². The highest BCUT2D eigenvalue weighted by molar-refractivity contribution is 14.1. The van der Waals surface area contributed by atoms with Gasteiger partial charge in [-0.1, -0.05) is 97.1 Å². The van der Waals surface area contributed by atoms with Crippen LogP contribution in [0.15, 0.2) is 133 Å². The Kier molecular flexibility index (Phi) is 4.30. The van der Waals surface area contributed by atoms with E-state index in [-0.39, 0.29) is 5.41 Å². The van der Waals surface area contributed by atoms with E-state index in [1.54, 1.807) is 0 Å². The predicted octanol–water partition coefficient (Wildman–Crippen LogP) is 9.73. The normalized spacial score (nSPS) is 16.4. The second-order valence-corrected chi connectivity index (χ2v) is 11.9. The Bertz CT molecular complexity index is 2080. The Morgan fingerprint density at radius 3 is 1.56 bits per heavy atom. The van der Waals surface area contributed by atoms with Crippen LogP contribution in [0.5, 0.6) is 0 Å². The third-order valence-corrected chi connectivity index (χ3v) is 9.54. The van der Waals surface area contributed by atoms with Crippen LogP contribution < -0.4 is 0 Å². The molecule has 1 aromatic heterocycles. The summed E-state index contributed by atoms with van der Waals surface area (Å²) in [5.74, 6) is 0. The molecule has 0 N–H and O–H groups in total. The van der Waals surface area contributed by atoms with Gasteiger partial charge in [0.1, 0.15) is 0 Å². The van der Waals surface area contributed by atoms with Crippen LogP contribution in [-0.4, -0.2) is 4.57 Å². The van der Waals surface area contributed by atoms with Crippen LogP contribution in [0.4, 0.5) is 0 Å². The Morgan fingerprint density at radius 2 is 0.923 bits per heavy atom. The summed E-state index contributed by atoms with van der Waals surface area (Å²) in [6, 6.07) is 49.7. The van der Waals surface area contributed by atoms with Crippen LogP contribution in [-0.2, 0) is 5.41 Å². The molecule has 1 unspecified atom stereocenters. The number of hydrogen-bond acceptors (Lipinski definition) is 0. The fourth-order valence-corrected chi connectivity index (χ4v) is 7.93. The highest BCUT2D eigenvalue weighted by Gasteiger charge is 2.51. The maximum Gasteiger partial charge on any atom is 0.0726 e. The molecule has 182 valence electrons. The third kappa shape index (κ3) is 2.65. The minimum absolute atomic E-state index is 0.339. The maximum absolute atomic E-state index is 2.47. The molecule has 9 rings (SSSR count). The standard InChI is InChI=1S/C37H22IN/c38-23-17-19-27-25-9-1-5-13-31(25)37(33(27)21-23)32-14-6-2-10-26(32)28-20-18-24(22-34(28)37)39-35-15-7-3-11-29(35)30-12-4-8-16-36(30)39/h1-22H. The molecular weight excluding hydrogens is 585 g/mol. The largest absolute Gasteiger partial charge is 0.309 e. The summed E-state index contributed by atoms with van der Waals surface area (Å²) < 4.78 is 3.71. The molecule has 0 radical (unpaired) electrons. The summed E-state index contributed by atoms with van der Waals surface area (Å²) in [7, 11) is 0. The number of para-hydroxylation sites is 2. The first-order valence-electron chi connectivity index (χ1n) is 13.4. The van der Waals surface area contributed by atoms with Crippen molar-refractivity contribution in [2.45, 2.75) is 5.41 Å². The fraction of sp³-hybridized carbons (Fsp3) is 0.0270. The zero-order valence-corrected chi connectivity index (χ0v) is 23.2. The van der Waals surface area contributed by atoms with Crippen molar-refractivity contribution in [1.82, 2.24) is 4.57 Å². The van der Waals surface area contributed by atoms with Crippen molar-refractivity contribution in [3.05, 3.63) is 159 Å². The van der Waals surface area contributed by atoms with E-state index in [0.29, 0.717) is 0 Å². The lowest BCUT2D eigenvalue weighted by Crippen LogP contribution is -2.26. The fourth-order valence-electron chi connectivity index (χ4n) is 7.44. The number of fused-ring (bicyclic) bond motifs is 13. The second-order valence-electron chi connectivity index (χ2n) is 10.6. The number of aromatic nitrogens is 1. The van der Waals surface area contributed by atoms with E-state index in [1.165, 1.54) is 75.6 Å². The monoisotopic (exact) mass is 607 g/mol. The van der Waals surface area contributed by atoms with Gasteiger partial charge in [0.15, 0.2) is 0 Å². The predicted molar refractivity (Wildman–Crippen MR) is 170 cm³/mol. The van der Waals surface area contributed by atoms with Crippen LogP contribution in [0.2, 0.25) is 0 Å². The van der Waals surface area contributed by atoms with Crippen molar-refractivity contribution in [3.8, 4) is 27.9 Å². The van der Waals surface area contributed by atoms with Gasteiger partial charge in [0.05, 0.1) is 16.4 Å². The SMILES string of the molecule is Ic1ccc2c(c1)C1(c3ccccc3-2)c2ccccc2-c2ccc(-n3c4ccccc4c4ccccc43)cc21. The van der Waals surface area contributed by atoms with Crippen LogP contribution in [0.25, 0.3) is 49.7 Å². The van der Waals surface area contributed by atoms with Gasteiger partial charge in [-0.05, 0) is 103 Å². The molecule has 39 heavy (non-hydrogen) atoms. The molecule has 0 amide bonds. The topological polar surface area (TPSA) is 4.93 Å². The van der Waals surface area contributed by atoms with Crippen LogP contribution >= 0.6 is 22.6 Å². The lowest BCUT2D eigenvalue weighted by Gasteiger charge is -2.31. The van der Waals surface area contributed by atoms with E-state index in [1.807, 2.05) is 0 Å². The lowest BCUT2D eigenvalue weighted by molar-refractivity contribution is 0.792. The van der Waals surface area contributed by atoms with Crippen molar-refractivity contribution < 1.29 is 0 Å². The summed E-state index contributed by atoms with van der Waals surface area (Å²) in [5, 5.41) is 2.58. The minimum Gasteiger partial charge on any atom is -0.309 e. The van der Waals surface area contributed by atoms with E-state index < -0.39 is 0 Å². The molecule has 6 aromatic carbocycles. The van der Waals surface area contributed by atoms with E-state index in [9.17, 15) is 0 Å². The molecule has 0 bridgehead atoms. The molecule has 2 aliphatic carbocycles. The molecule has 0 fully saturated rings. The minimum atomic E-state index is -0.339. The average molecular weight is 607 g/mol. The molecular formula is C37H22IN.